The monoisotopic (exact) mass is 688 g/mol. The molecule has 2 aromatic rings. The van der Waals surface area contributed by atoms with Gasteiger partial charge in [-0.15, -0.1) is 0 Å². The molecule has 1 aliphatic heterocycles. The number of aryl methyl sites for hydroxylation is 1. The Morgan fingerprint density at radius 1 is 0.851 bits per heavy atom. The molecule has 2 atom stereocenters. The summed E-state index contributed by atoms with van der Waals surface area (Å²) in [7, 11) is -4.51. The number of hydrogen-bond acceptors (Lipinski definition) is 5. The highest BCUT2D eigenvalue weighted by atomic mass is 32.2. The predicted molar refractivity (Wildman–Crippen MR) is 154 cm³/mol. The fourth-order valence-corrected chi connectivity index (χ4v) is 10.9. The molecule has 7 nitrogen and oxygen atoms in total. The minimum Gasteiger partial charge on any atom is -0.481 e. The molecule has 1 saturated heterocycles. The third-order valence-corrected chi connectivity index (χ3v) is 13.8. The maximum atomic E-state index is 15.1. The van der Waals surface area contributed by atoms with E-state index in [1.807, 2.05) is 0 Å². The van der Waals surface area contributed by atoms with Gasteiger partial charge in [0.05, 0.1) is 22.0 Å². The van der Waals surface area contributed by atoms with Crippen molar-refractivity contribution in [1.29, 1.82) is 0 Å². The third kappa shape index (κ3) is 4.50. The summed E-state index contributed by atoms with van der Waals surface area (Å²) in [5, 5.41) is 9.80. The Kier molecular flexibility index (Phi) is 7.47. The molecule has 2 bridgehead atoms. The first-order valence-electron chi connectivity index (χ1n) is 15.1. The molecule has 15 heteroatoms. The van der Waals surface area contributed by atoms with Crippen molar-refractivity contribution in [3.05, 3.63) is 59.2 Å². The fraction of sp³-hybridized carbons (Fsp3) is 0.531. The molecule has 254 valence electrons. The lowest BCUT2D eigenvalue weighted by atomic mass is 9.53. The van der Waals surface area contributed by atoms with Crippen LogP contribution in [0.1, 0.15) is 68.1 Å². The van der Waals surface area contributed by atoms with Crippen molar-refractivity contribution in [1.82, 2.24) is 4.90 Å². The number of sulfone groups is 1. The SMILES string of the molecule is C=Nc1ccc(S(=O)(=O)C23CCN(C(=O)C45CCC(C(=O)O)(CC4)CC5)C2CCc2cc(C(F)(C(F)(F)F)C(F)(F)F)ccc23)cc1. The van der Waals surface area contributed by atoms with Crippen LogP contribution in [0.2, 0.25) is 0 Å². The van der Waals surface area contributed by atoms with Crippen LogP contribution in [0.3, 0.4) is 0 Å². The largest absolute Gasteiger partial charge is 0.481 e. The first-order valence-corrected chi connectivity index (χ1v) is 16.6. The summed E-state index contributed by atoms with van der Waals surface area (Å²) in [6, 6.07) is 5.88. The summed E-state index contributed by atoms with van der Waals surface area (Å²) in [6.45, 7) is 3.33. The Morgan fingerprint density at radius 2 is 1.40 bits per heavy atom. The van der Waals surface area contributed by atoms with Gasteiger partial charge < -0.3 is 10.0 Å². The van der Waals surface area contributed by atoms with E-state index in [0.717, 1.165) is 6.07 Å². The molecule has 0 spiro atoms. The number of rotatable bonds is 6. The maximum Gasteiger partial charge on any atom is 0.435 e. The summed E-state index contributed by atoms with van der Waals surface area (Å²) in [5.41, 5.74) is -9.15. The number of likely N-dealkylation sites (tertiary alicyclic amines) is 1. The molecule has 7 rings (SSSR count). The minimum absolute atomic E-state index is 0.0693. The van der Waals surface area contributed by atoms with Crippen molar-refractivity contribution < 1.29 is 53.8 Å². The lowest BCUT2D eigenvalue weighted by Crippen LogP contribution is -2.57. The quantitative estimate of drug-likeness (QED) is 0.262. The zero-order chi connectivity index (χ0) is 34.4. The van der Waals surface area contributed by atoms with Gasteiger partial charge in [0.2, 0.25) is 5.91 Å². The number of alkyl halides is 7. The number of aliphatic carboxylic acids is 1. The summed E-state index contributed by atoms with van der Waals surface area (Å²) in [4.78, 5) is 31.4. The molecule has 1 amide bonds. The molecule has 1 N–H and O–H groups in total. The topological polar surface area (TPSA) is 104 Å². The lowest BCUT2D eigenvalue weighted by Gasteiger charge is -2.52. The van der Waals surface area contributed by atoms with E-state index in [-0.39, 0.29) is 67.0 Å². The van der Waals surface area contributed by atoms with Crippen molar-refractivity contribution in [2.75, 3.05) is 6.54 Å². The Balaban J connectivity index is 1.47. The van der Waals surface area contributed by atoms with Gasteiger partial charge >= 0.3 is 24.0 Å². The Hall–Kier alpha value is -3.49. The van der Waals surface area contributed by atoms with Gasteiger partial charge in [-0.05, 0) is 99.9 Å². The highest BCUT2D eigenvalue weighted by molar-refractivity contribution is 7.92. The average Bonchev–Trinajstić information content (AvgIpc) is 3.45. The number of aliphatic imine (C=N–C) groups is 1. The number of benzene rings is 2. The summed E-state index contributed by atoms with van der Waals surface area (Å²) < 4.78 is 124. The van der Waals surface area contributed by atoms with Crippen molar-refractivity contribution in [3.63, 3.8) is 0 Å². The number of halogens is 7. The number of carbonyl (C=O) groups is 2. The van der Waals surface area contributed by atoms with Gasteiger partial charge in [0.25, 0.3) is 0 Å². The Labute approximate surface area is 265 Å². The van der Waals surface area contributed by atoms with Gasteiger partial charge in [0.15, 0.2) is 9.84 Å². The summed E-state index contributed by atoms with van der Waals surface area (Å²) in [5.74, 6) is -1.25. The first kappa shape index (κ1) is 33.4. The number of carbonyl (C=O) groups excluding carboxylic acids is 1. The molecule has 0 aromatic heterocycles. The molecular weight excluding hydrogens is 657 g/mol. The fourth-order valence-electron chi connectivity index (χ4n) is 8.55. The van der Waals surface area contributed by atoms with Gasteiger partial charge in [0.1, 0.15) is 4.75 Å². The molecule has 3 saturated carbocycles. The molecule has 0 radical (unpaired) electrons. The number of amides is 1. The van der Waals surface area contributed by atoms with Crippen LogP contribution < -0.4 is 0 Å². The van der Waals surface area contributed by atoms with Gasteiger partial charge in [-0.1, -0.05) is 18.2 Å². The number of carboxylic acid groups (broad SMARTS) is 1. The number of fused-ring (bicyclic) bond motifs is 6. The van der Waals surface area contributed by atoms with Crippen LogP contribution in [-0.2, 0) is 36.3 Å². The average molecular weight is 689 g/mol. The van der Waals surface area contributed by atoms with E-state index in [4.69, 9.17) is 0 Å². The molecule has 5 aliphatic rings. The molecule has 4 aliphatic carbocycles. The number of hydrogen-bond donors (Lipinski definition) is 1. The highest BCUT2D eigenvalue weighted by Gasteiger charge is 2.74. The van der Waals surface area contributed by atoms with E-state index in [0.29, 0.717) is 37.1 Å². The molecule has 47 heavy (non-hydrogen) atoms. The first-order chi connectivity index (χ1) is 21.8. The molecule has 4 fully saturated rings. The smallest absolute Gasteiger partial charge is 0.435 e. The predicted octanol–water partition coefficient (Wildman–Crippen LogP) is 6.95. The number of carboxylic acids is 1. The van der Waals surface area contributed by atoms with Gasteiger partial charge in [-0.25, -0.2) is 12.8 Å². The normalized spacial score (nSPS) is 29.3. The van der Waals surface area contributed by atoms with Crippen LogP contribution in [0.5, 0.6) is 0 Å². The lowest BCUT2D eigenvalue weighted by molar-refractivity contribution is -0.348. The Morgan fingerprint density at radius 3 is 1.91 bits per heavy atom. The van der Waals surface area contributed by atoms with E-state index >= 15 is 4.39 Å². The van der Waals surface area contributed by atoms with Crippen molar-refractivity contribution in [2.24, 2.45) is 15.8 Å². The van der Waals surface area contributed by atoms with Crippen molar-refractivity contribution >= 4 is 34.1 Å². The molecule has 2 aromatic carbocycles. The second-order valence-electron chi connectivity index (χ2n) is 13.2. The van der Waals surface area contributed by atoms with E-state index in [1.165, 1.54) is 29.2 Å². The second kappa shape index (κ2) is 10.5. The second-order valence-corrected chi connectivity index (χ2v) is 15.4. The zero-order valence-electron chi connectivity index (χ0n) is 24.9. The highest BCUT2D eigenvalue weighted by Crippen LogP contribution is 2.61. The van der Waals surface area contributed by atoms with Gasteiger partial charge in [-0.3, -0.25) is 14.6 Å². The molecule has 1 heterocycles. The van der Waals surface area contributed by atoms with E-state index in [9.17, 15) is 49.5 Å². The van der Waals surface area contributed by atoms with Crippen molar-refractivity contribution in [3.8, 4) is 0 Å². The molecule has 2 unspecified atom stereocenters. The third-order valence-electron chi connectivity index (χ3n) is 11.3. The van der Waals surface area contributed by atoms with Gasteiger partial charge in [0, 0.05) is 17.5 Å². The van der Waals surface area contributed by atoms with Crippen molar-refractivity contribution in [2.45, 2.75) is 91.5 Å². The Bertz CT molecular complexity index is 1720. The van der Waals surface area contributed by atoms with E-state index in [1.54, 1.807) is 0 Å². The van der Waals surface area contributed by atoms with Crippen LogP contribution in [0, 0.1) is 10.8 Å². The van der Waals surface area contributed by atoms with Crippen LogP contribution in [0.4, 0.5) is 36.4 Å². The standard InChI is InChI=1S/C32H31F7N2O5S/c1-40-21-4-6-22(7-5-21)47(45,46)29-16-17-41(25(42)27-10-13-28(14-11-27,15-12-27)26(43)44)24(29)9-2-19-18-20(3-8-23(19)29)30(33,31(34,35)36)32(37,38)39/h3-8,18,24H,1-2,9-17H2,(H,43,44). The molecular formula is C32H31F7N2O5S. The van der Waals surface area contributed by atoms with Crippen LogP contribution >= 0.6 is 0 Å². The summed E-state index contributed by atoms with van der Waals surface area (Å²) >= 11 is 0. The van der Waals surface area contributed by atoms with Crippen LogP contribution in [0.25, 0.3) is 0 Å². The summed E-state index contributed by atoms with van der Waals surface area (Å²) in [6.07, 6.45) is -11.5. The maximum absolute atomic E-state index is 15.1. The zero-order valence-corrected chi connectivity index (χ0v) is 25.7. The minimum atomic E-state index is -6.35. The van der Waals surface area contributed by atoms with Crippen LogP contribution in [-0.4, -0.2) is 62.0 Å². The van der Waals surface area contributed by atoms with Crippen LogP contribution in [0.15, 0.2) is 52.4 Å². The number of nitrogens with zero attached hydrogens (tertiary/aromatic N) is 2. The van der Waals surface area contributed by atoms with E-state index < -0.39 is 61.0 Å². The van der Waals surface area contributed by atoms with Gasteiger partial charge in [-0.2, -0.15) is 26.3 Å². The van der Waals surface area contributed by atoms with E-state index in [2.05, 4.69) is 11.7 Å².